The van der Waals surface area contributed by atoms with E-state index in [0.29, 0.717) is 6.54 Å². The predicted molar refractivity (Wildman–Crippen MR) is 97.7 cm³/mol. The molecule has 0 bridgehead atoms. The van der Waals surface area contributed by atoms with Crippen molar-refractivity contribution in [2.45, 2.75) is 43.5 Å². The number of sulfonamides is 1. The van der Waals surface area contributed by atoms with E-state index in [1.807, 2.05) is 31.2 Å². The molecule has 134 valence electrons. The van der Waals surface area contributed by atoms with Gasteiger partial charge in [-0.1, -0.05) is 54.3 Å². The number of benzene rings is 2. The molecule has 1 aliphatic rings. The third-order valence-corrected chi connectivity index (χ3v) is 6.86. The Balaban J connectivity index is 2.02. The summed E-state index contributed by atoms with van der Waals surface area (Å²) in [5.74, 6) is -0.619. The largest absolute Gasteiger partial charge is 0.243 e. The van der Waals surface area contributed by atoms with Gasteiger partial charge in [0.05, 0.1) is 16.0 Å². The molecule has 1 saturated heterocycles. The highest BCUT2D eigenvalue weighted by molar-refractivity contribution is 7.89. The molecule has 2 aromatic rings. The summed E-state index contributed by atoms with van der Waals surface area (Å²) in [5, 5.41) is -0.178. The van der Waals surface area contributed by atoms with Gasteiger partial charge in [-0.25, -0.2) is 12.8 Å². The van der Waals surface area contributed by atoms with Crippen LogP contribution in [0.2, 0.25) is 5.02 Å². The molecule has 1 fully saturated rings. The van der Waals surface area contributed by atoms with Crippen LogP contribution < -0.4 is 0 Å². The molecule has 0 aliphatic carbocycles. The van der Waals surface area contributed by atoms with Crippen LogP contribution in [0.5, 0.6) is 0 Å². The van der Waals surface area contributed by atoms with E-state index < -0.39 is 15.8 Å². The zero-order valence-corrected chi connectivity index (χ0v) is 15.7. The molecule has 1 atom stereocenters. The minimum Gasteiger partial charge on any atom is -0.207 e. The van der Waals surface area contributed by atoms with Gasteiger partial charge in [0.2, 0.25) is 10.0 Å². The summed E-state index contributed by atoms with van der Waals surface area (Å²) >= 11 is 5.80. The van der Waals surface area contributed by atoms with Gasteiger partial charge in [-0.15, -0.1) is 0 Å². The topological polar surface area (TPSA) is 37.4 Å². The molecule has 0 spiro atoms. The standard InChI is InChI=1S/C19H21ClFNO2S/c1-14-6-8-15(9-7-14)19-5-3-2-4-12-22(19)25(23,24)16-10-11-18(21)17(20)13-16/h6-11,13,19H,2-5,12H2,1H3/t19-/m0/s1. The van der Waals surface area contributed by atoms with E-state index >= 15 is 0 Å². The average molecular weight is 382 g/mol. The number of halogens is 2. The molecule has 25 heavy (non-hydrogen) atoms. The van der Waals surface area contributed by atoms with Crippen molar-refractivity contribution in [3.05, 3.63) is 64.4 Å². The Morgan fingerprint density at radius 3 is 2.48 bits per heavy atom. The van der Waals surface area contributed by atoms with Crippen LogP contribution in [-0.2, 0) is 10.0 Å². The number of nitrogens with zero attached hydrogens (tertiary/aromatic N) is 1. The first-order chi connectivity index (χ1) is 11.9. The maximum Gasteiger partial charge on any atom is 0.243 e. The molecule has 6 heteroatoms. The molecular weight excluding hydrogens is 361 g/mol. The number of hydrogen-bond acceptors (Lipinski definition) is 2. The Hall–Kier alpha value is -1.43. The van der Waals surface area contributed by atoms with Crippen molar-refractivity contribution < 1.29 is 12.8 Å². The van der Waals surface area contributed by atoms with Crippen molar-refractivity contribution in [1.82, 2.24) is 4.31 Å². The van der Waals surface area contributed by atoms with Crippen molar-refractivity contribution in [3.8, 4) is 0 Å². The van der Waals surface area contributed by atoms with Gasteiger partial charge in [0, 0.05) is 6.54 Å². The lowest BCUT2D eigenvalue weighted by Crippen LogP contribution is -2.34. The molecule has 0 saturated carbocycles. The van der Waals surface area contributed by atoms with Crippen LogP contribution in [0.3, 0.4) is 0 Å². The highest BCUT2D eigenvalue weighted by atomic mass is 35.5. The molecule has 0 amide bonds. The normalized spacial score (nSPS) is 19.6. The third-order valence-electron chi connectivity index (χ3n) is 4.66. The van der Waals surface area contributed by atoms with Crippen molar-refractivity contribution >= 4 is 21.6 Å². The molecular formula is C19H21ClFNO2S. The third kappa shape index (κ3) is 3.89. The number of rotatable bonds is 3. The second-order valence-electron chi connectivity index (χ2n) is 6.47. The van der Waals surface area contributed by atoms with Crippen molar-refractivity contribution in [3.63, 3.8) is 0 Å². The first-order valence-corrected chi connectivity index (χ1v) is 10.2. The number of aryl methyl sites for hydroxylation is 1. The van der Waals surface area contributed by atoms with Gasteiger partial charge < -0.3 is 0 Å². The fraction of sp³-hybridized carbons (Fsp3) is 0.368. The summed E-state index contributed by atoms with van der Waals surface area (Å²) in [6, 6.07) is 11.4. The van der Waals surface area contributed by atoms with Crippen LogP contribution in [0.15, 0.2) is 47.4 Å². The van der Waals surface area contributed by atoms with Crippen molar-refractivity contribution in [2.24, 2.45) is 0 Å². The van der Waals surface area contributed by atoms with Gasteiger partial charge in [0.1, 0.15) is 5.82 Å². The number of hydrogen-bond donors (Lipinski definition) is 0. The fourth-order valence-corrected chi connectivity index (χ4v) is 5.22. The Morgan fingerprint density at radius 2 is 1.80 bits per heavy atom. The lowest BCUT2D eigenvalue weighted by atomic mass is 10.0. The first kappa shape index (κ1) is 18.4. The SMILES string of the molecule is Cc1ccc([C@@H]2CCCCCN2S(=O)(=O)c2ccc(F)c(Cl)c2)cc1. The Labute approximate surface area is 153 Å². The van der Waals surface area contributed by atoms with E-state index in [9.17, 15) is 12.8 Å². The van der Waals surface area contributed by atoms with Gasteiger partial charge in [0.15, 0.2) is 0 Å². The second kappa shape index (κ2) is 7.44. The first-order valence-electron chi connectivity index (χ1n) is 8.43. The lowest BCUT2D eigenvalue weighted by Gasteiger charge is -2.29. The molecule has 3 rings (SSSR count). The predicted octanol–water partition coefficient (Wildman–Crippen LogP) is 5.09. The highest BCUT2D eigenvalue weighted by Gasteiger charge is 2.33. The van der Waals surface area contributed by atoms with E-state index in [-0.39, 0.29) is 16.0 Å². The van der Waals surface area contributed by atoms with Crippen molar-refractivity contribution in [1.29, 1.82) is 0 Å². The van der Waals surface area contributed by atoms with Crippen LogP contribution >= 0.6 is 11.6 Å². The maximum atomic E-state index is 13.4. The monoisotopic (exact) mass is 381 g/mol. The second-order valence-corrected chi connectivity index (χ2v) is 8.77. The lowest BCUT2D eigenvalue weighted by molar-refractivity contribution is 0.329. The minimum absolute atomic E-state index is 0.0397. The molecule has 0 aromatic heterocycles. The van der Waals surface area contributed by atoms with Gasteiger partial charge in [-0.2, -0.15) is 4.31 Å². The van der Waals surface area contributed by atoms with E-state index in [0.717, 1.165) is 42.9 Å². The average Bonchev–Trinajstić information content (AvgIpc) is 2.84. The molecule has 1 aliphatic heterocycles. The minimum atomic E-state index is -3.75. The smallest absolute Gasteiger partial charge is 0.207 e. The van der Waals surface area contributed by atoms with Crippen LogP contribution in [0.25, 0.3) is 0 Å². The van der Waals surface area contributed by atoms with E-state index in [1.54, 1.807) is 4.31 Å². The zero-order valence-electron chi connectivity index (χ0n) is 14.1. The van der Waals surface area contributed by atoms with Gasteiger partial charge in [-0.3, -0.25) is 0 Å². The van der Waals surface area contributed by atoms with E-state index in [2.05, 4.69) is 0 Å². The van der Waals surface area contributed by atoms with Crippen molar-refractivity contribution in [2.75, 3.05) is 6.54 Å². The summed E-state index contributed by atoms with van der Waals surface area (Å²) in [5.41, 5.74) is 2.13. The van der Waals surface area contributed by atoms with E-state index in [4.69, 9.17) is 11.6 Å². The molecule has 1 heterocycles. The van der Waals surface area contributed by atoms with Crippen LogP contribution in [0.4, 0.5) is 4.39 Å². The highest BCUT2D eigenvalue weighted by Crippen LogP contribution is 2.35. The molecule has 3 nitrogen and oxygen atoms in total. The van der Waals surface area contributed by atoms with Crippen LogP contribution in [-0.4, -0.2) is 19.3 Å². The summed E-state index contributed by atoms with van der Waals surface area (Å²) in [4.78, 5) is 0.0397. The van der Waals surface area contributed by atoms with Gasteiger partial charge in [0.25, 0.3) is 0 Å². The van der Waals surface area contributed by atoms with E-state index in [1.165, 1.54) is 12.1 Å². The summed E-state index contributed by atoms with van der Waals surface area (Å²) in [7, 11) is -3.75. The Bertz CT molecular complexity index is 852. The van der Waals surface area contributed by atoms with Gasteiger partial charge >= 0.3 is 0 Å². The van der Waals surface area contributed by atoms with Gasteiger partial charge in [-0.05, 0) is 43.5 Å². The van der Waals surface area contributed by atoms with Crippen LogP contribution in [0.1, 0.15) is 42.9 Å². The summed E-state index contributed by atoms with van der Waals surface area (Å²) < 4.78 is 41.4. The fourth-order valence-electron chi connectivity index (χ4n) is 3.26. The maximum absolute atomic E-state index is 13.4. The van der Waals surface area contributed by atoms with Crippen LogP contribution in [0, 0.1) is 12.7 Å². The zero-order chi connectivity index (χ0) is 18.0. The summed E-state index contributed by atoms with van der Waals surface area (Å²) in [6.45, 7) is 2.46. The Kier molecular flexibility index (Phi) is 5.46. The molecule has 0 unspecified atom stereocenters. The Morgan fingerprint density at radius 1 is 1.08 bits per heavy atom. The quantitative estimate of drug-likeness (QED) is 0.742. The molecule has 0 radical (unpaired) electrons. The molecule has 2 aromatic carbocycles. The molecule has 0 N–H and O–H groups in total. The summed E-state index contributed by atoms with van der Waals surface area (Å²) in [6.07, 6.45) is 3.57.